The number of nitrogens with zero attached hydrogens (tertiary/aromatic N) is 4. The molecule has 1 amide bonds. The van der Waals surface area contributed by atoms with Crippen LogP contribution in [0.5, 0.6) is 11.5 Å². The molecule has 2 aliphatic heterocycles. The number of amides is 1. The molecule has 0 spiro atoms. The van der Waals surface area contributed by atoms with E-state index in [1.807, 2.05) is 28.0 Å². The largest absolute Gasteiger partial charge is 0.493 e. The van der Waals surface area contributed by atoms with E-state index in [4.69, 9.17) is 15.2 Å². The minimum atomic E-state index is -0.645. The molecule has 1 aromatic heterocycles. The lowest BCUT2D eigenvalue weighted by Crippen LogP contribution is -2.50. The molecule has 3 aromatic rings. The van der Waals surface area contributed by atoms with E-state index in [9.17, 15) is 4.79 Å². The number of hydrogen-bond acceptors (Lipinski definition) is 8. The molecule has 2 aliphatic rings. The van der Waals surface area contributed by atoms with Gasteiger partial charge in [0.25, 0.3) is 0 Å². The van der Waals surface area contributed by atoms with E-state index in [2.05, 4.69) is 27.4 Å². The Hall–Kier alpha value is -3.37. The summed E-state index contributed by atoms with van der Waals surface area (Å²) in [4.78, 5) is 25.6. The number of piperazine rings is 1. The number of anilines is 2. The van der Waals surface area contributed by atoms with E-state index < -0.39 is 5.82 Å². The summed E-state index contributed by atoms with van der Waals surface area (Å²) in [6.45, 7) is 2.17. The molecule has 2 fully saturated rings. The average Bonchev–Trinajstić information content (AvgIpc) is 3.38. The highest BCUT2D eigenvalue weighted by molar-refractivity contribution is 5.92. The molecule has 0 unspecified atom stereocenters. The summed E-state index contributed by atoms with van der Waals surface area (Å²) in [6.07, 6.45) is 2.49. The molecule has 0 radical (unpaired) electrons. The quantitative estimate of drug-likeness (QED) is 0.500. The van der Waals surface area contributed by atoms with Gasteiger partial charge in [-0.25, -0.2) is 9.37 Å². The number of nitrogens with two attached hydrogens (primary N) is 1. The van der Waals surface area contributed by atoms with E-state index in [0.717, 1.165) is 12.8 Å². The van der Waals surface area contributed by atoms with E-state index in [-0.39, 0.29) is 47.2 Å². The molecule has 198 valence electrons. The first kappa shape index (κ1) is 26.7. The first-order chi connectivity index (χ1) is 17.5. The molecule has 2 atom stereocenters. The molecule has 9 nitrogen and oxygen atoms in total. The summed E-state index contributed by atoms with van der Waals surface area (Å²) in [5, 5.41) is 3.97. The number of hydrogen-bond donors (Lipinski definition) is 2. The zero-order chi connectivity index (χ0) is 25.2. The van der Waals surface area contributed by atoms with Crippen LogP contribution in [0.1, 0.15) is 30.9 Å². The molecule has 2 saturated heterocycles. The molecule has 0 saturated carbocycles. The normalized spacial score (nSPS) is 19.5. The van der Waals surface area contributed by atoms with Gasteiger partial charge < -0.3 is 30.3 Å². The Morgan fingerprint density at radius 3 is 2.51 bits per heavy atom. The fourth-order valence-electron chi connectivity index (χ4n) is 5.10. The maximum Gasteiger partial charge on any atom is 0.228 e. The van der Waals surface area contributed by atoms with Crippen LogP contribution in [0.2, 0.25) is 0 Å². The molecule has 3 N–H and O–H groups in total. The fourth-order valence-corrected chi connectivity index (χ4v) is 5.10. The van der Waals surface area contributed by atoms with Crippen LogP contribution >= 0.6 is 12.4 Å². The molecule has 37 heavy (non-hydrogen) atoms. The van der Waals surface area contributed by atoms with Gasteiger partial charge in [-0.3, -0.25) is 4.79 Å². The monoisotopic (exact) mass is 530 g/mol. The first-order valence-corrected chi connectivity index (χ1v) is 12.2. The fraction of sp³-hybridized carbons (Fsp3) is 0.423. The average molecular weight is 531 g/mol. The smallest absolute Gasteiger partial charge is 0.228 e. The summed E-state index contributed by atoms with van der Waals surface area (Å²) in [7, 11) is 2.80. The zero-order valence-corrected chi connectivity index (χ0v) is 21.8. The lowest BCUT2D eigenvalue weighted by molar-refractivity contribution is -0.132. The van der Waals surface area contributed by atoms with Gasteiger partial charge >= 0.3 is 0 Å². The van der Waals surface area contributed by atoms with Crippen LogP contribution in [0.3, 0.4) is 0 Å². The highest BCUT2D eigenvalue weighted by Crippen LogP contribution is 2.37. The Morgan fingerprint density at radius 1 is 1.11 bits per heavy atom. The summed E-state index contributed by atoms with van der Waals surface area (Å²) in [5.74, 6) is 0.190. The van der Waals surface area contributed by atoms with E-state index in [1.165, 1.54) is 19.8 Å². The van der Waals surface area contributed by atoms with Gasteiger partial charge in [-0.15, -0.1) is 12.4 Å². The van der Waals surface area contributed by atoms with Crippen molar-refractivity contribution in [3.05, 3.63) is 47.8 Å². The van der Waals surface area contributed by atoms with Crippen molar-refractivity contribution in [1.29, 1.82) is 0 Å². The molecule has 3 heterocycles. The van der Waals surface area contributed by atoms with E-state index in [1.54, 1.807) is 6.07 Å². The van der Waals surface area contributed by atoms with Crippen molar-refractivity contribution in [3.8, 4) is 11.5 Å². The molecular formula is C26H32ClFN6O3. The Labute approximate surface area is 221 Å². The van der Waals surface area contributed by atoms with Crippen LogP contribution in [0.15, 0.2) is 36.4 Å². The third-order valence-corrected chi connectivity index (χ3v) is 7.07. The highest BCUT2D eigenvalue weighted by Gasteiger charge is 2.30. The summed E-state index contributed by atoms with van der Waals surface area (Å²) in [5.41, 5.74) is 7.50. The van der Waals surface area contributed by atoms with Gasteiger partial charge in [0.05, 0.1) is 14.2 Å². The zero-order valence-electron chi connectivity index (χ0n) is 20.9. The third kappa shape index (κ3) is 5.35. The van der Waals surface area contributed by atoms with E-state index in [0.29, 0.717) is 50.0 Å². The van der Waals surface area contributed by atoms with E-state index >= 15 is 4.39 Å². The number of halogens is 2. The number of rotatable bonds is 6. The van der Waals surface area contributed by atoms with Gasteiger partial charge in [0.1, 0.15) is 11.3 Å². The SMILES string of the molecule is COc1cc2c(N)nc(N3CCN(C(=O)C[C@@H]4CC[C@H](c5ccccc5)N4)CC3)nc2c(F)c1OC.Cl. The van der Waals surface area contributed by atoms with Gasteiger partial charge in [-0.2, -0.15) is 4.98 Å². The number of fused-ring (bicyclic) bond motifs is 1. The van der Waals surface area contributed by atoms with Gasteiger partial charge in [-0.1, -0.05) is 30.3 Å². The van der Waals surface area contributed by atoms with Crippen LogP contribution in [0, 0.1) is 5.82 Å². The van der Waals surface area contributed by atoms with Crippen molar-refractivity contribution in [2.75, 3.05) is 51.0 Å². The summed E-state index contributed by atoms with van der Waals surface area (Å²) >= 11 is 0. The summed E-state index contributed by atoms with van der Waals surface area (Å²) in [6, 6.07) is 12.4. The van der Waals surface area contributed by atoms with Gasteiger partial charge in [0.15, 0.2) is 17.3 Å². The number of benzene rings is 2. The van der Waals surface area contributed by atoms with Crippen LogP contribution in [-0.4, -0.2) is 67.2 Å². The van der Waals surface area contributed by atoms with Crippen molar-refractivity contribution in [2.24, 2.45) is 0 Å². The molecule has 5 rings (SSSR count). The second-order valence-electron chi connectivity index (χ2n) is 9.21. The standard InChI is InChI=1S/C26H31FN6O3.ClH/c1-35-20-15-18-23(22(27)24(20)36-2)30-26(31-25(18)28)33-12-10-32(11-13-33)21(34)14-17-8-9-19(29-17)16-6-4-3-5-7-16;/h3-7,15,17,19,29H,8-14H2,1-2H3,(H2,28,30,31);1H/t17-,19+;/m0./s1. The molecule has 2 aromatic carbocycles. The Bertz CT molecular complexity index is 1260. The highest BCUT2D eigenvalue weighted by atomic mass is 35.5. The number of nitrogen functional groups attached to an aromatic ring is 1. The molecule has 0 bridgehead atoms. The van der Waals surface area contributed by atoms with Crippen molar-refractivity contribution >= 4 is 41.0 Å². The Balaban J connectivity index is 0.00000320. The van der Waals surface area contributed by atoms with Crippen LogP contribution in [-0.2, 0) is 4.79 Å². The Kier molecular flexibility index (Phi) is 8.19. The molecule has 0 aliphatic carbocycles. The van der Waals surface area contributed by atoms with Crippen LogP contribution in [0.25, 0.3) is 10.9 Å². The third-order valence-electron chi connectivity index (χ3n) is 7.07. The second-order valence-corrected chi connectivity index (χ2v) is 9.21. The lowest BCUT2D eigenvalue weighted by Gasteiger charge is -2.35. The van der Waals surface area contributed by atoms with Crippen LogP contribution < -0.4 is 25.4 Å². The maximum absolute atomic E-state index is 15.1. The minimum Gasteiger partial charge on any atom is -0.493 e. The predicted molar refractivity (Wildman–Crippen MR) is 143 cm³/mol. The van der Waals surface area contributed by atoms with Gasteiger partial charge in [0.2, 0.25) is 11.9 Å². The van der Waals surface area contributed by atoms with Crippen molar-refractivity contribution < 1.29 is 18.7 Å². The molecule has 11 heteroatoms. The predicted octanol–water partition coefficient (Wildman–Crippen LogP) is 3.32. The number of ether oxygens (including phenoxy) is 2. The number of methoxy groups -OCH3 is 2. The van der Waals surface area contributed by atoms with Crippen molar-refractivity contribution in [1.82, 2.24) is 20.2 Å². The Morgan fingerprint density at radius 2 is 1.84 bits per heavy atom. The van der Waals surface area contributed by atoms with Crippen molar-refractivity contribution in [3.63, 3.8) is 0 Å². The number of carbonyl (C=O) groups excluding carboxylic acids is 1. The van der Waals surface area contributed by atoms with Crippen molar-refractivity contribution in [2.45, 2.75) is 31.3 Å². The topological polar surface area (TPSA) is 106 Å². The number of aromatic nitrogens is 2. The molecular weight excluding hydrogens is 499 g/mol. The van der Waals surface area contributed by atoms with Crippen LogP contribution in [0.4, 0.5) is 16.2 Å². The lowest BCUT2D eigenvalue weighted by atomic mass is 10.1. The van der Waals surface area contributed by atoms with Gasteiger partial charge in [-0.05, 0) is 24.5 Å². The first-order valence-electron chi connectivity index (χ1n) is 12.2. The number of carbonyl (C=O) groups is 1. The number of nitrogens with one attached hydrogen (secondary N) is 1. The summed E-state index contributed by atoms with van der Waals surface area (Å²) < 4.78 is 25.5. The maximum atomic E-state index is 15.1. The second kappa shape index (κ2) is 11.4. The minimum absolute atomic E-state index is 0. The van der Waals surface area contributed by atoms with Gasteiger partial charge in [0, 0.05) is 50.1 Å².